The third kappa shape index (κ3) is 5.92. The van der Waals surface area contributed by atoms with E-state index in [1.54, 1.807) is 17.6 Å². The minimum atomic E-state index is -4.03. The number of carbonyl (C=O) groups excluding carboxylic acids is 1. The second-order valence-corrected chi connectivity index (χ2v) is 10.2. The first kappa shape index (κ1) is 25.9. The normalized spacial score (nSPS) is 11.4. The quantitative estimate of drug-likeness (QED) is 0.254. The van der Waals surface area contributed by atoms with Crippen molar-refractivity contribution in [2.24, 2.45) is 0 Å². The Morgan fingerprint density at radius 1 is 1.03 bits per heavy atom. The summed E-state index contributed by atoms with van der Waals surface area (Å²) in [5.41, 5.74) is 3.90. The van der Waals surface area contributed by atoms with E-state index in [4.69, 9.17) is 9.72 Å². The van der Waals surface area contributed by atoms with Gasteiger partial charge < -0.3 is 10.1 Å². The number of rotatable bonds is 10. The van der Waals surface area contributed by atoms with Crippen LogP contribution in [0.1, 0.15) is 12.6 Å². The fourth-order valence-corrected chi connectivity index (χ4v) is 4.89. The summed E-state index contributed by atoms with van der Waals surface area (Å²) in [6.07, 6.45) is 6.22. The van der Waals surface area contributed by atoms with Crippen molar-refractivity contribution in [1.82, 2.24) is 29.3 Å². The van der Waals surface area contributed by atoms with Gasteiger partial charge in [0.2, 0.25) is 10.0 Å². The molecule has 4 heterocycles. The molecule has 0 radical (unpaired) electrons. The molecule has 198 valence electrons. The molecule has 5 rings (SSSR count). The number of ether oxygens (including phenoxy) is 1. The molecule has 5 aromatic rings. The minimum absolute atomic E-state index is 0.131. The maximum Gasteiger partial charge on any atom is 0.321 e. The zero-order valence-electron chi connectivity index (χ0n) is 21.0. The van der Waals surface area contributed by atoms with Gasteiger partial charge in [0.25, 0.3) is 0 Å². The van der Waals surface area contributed by atoms with Gasteiger partial charge in [0, 0.05) is 35.9 Å². The maximum absolute atomic E-state index is 12.8. The number of carbonyl (C=O) groups is 1. The van der Waals surface area contributed by atoms with Crippen molar-refractivity contribution < 1.29 is 17.9 Å². The third-order valence-electron chi connectivity index (χ3n) is 5.75. The molecule has 4 aromatic heterocycles. The van der Waals surface area contributed by atoms with Gasteiger partial charge in [0.15, 0.2) is 11.6 Å². The summed E-state index contributed by atoms with van der Waals surface area (Å²) in [6, 6.07) is 18.9. The van der Waals surface area contributed by atoms with Crippen molar-refractivity contribution in [3.05, 3.63) is 91.1 Å². The van der Waals surface area contributed by atoms with Gasteiger partial charge in [-0.05, 0) is 36.8 Å². The summed E-state index contributed by atoms with van der Waals surface area (Å²) in [5, 5.41) is 8.01. The molecule has 0 saturated heterocycles. The van der Waals surface area contributed by atoms with Crippen molar-refractivity contribution in [3.8, 4) is 22.5 Å². The number of hydrogen-bond donors (Lipinski definition) is 2. The van der Waals surface area contributed by atoms with Crippen LogP contribution in [-0.4, -0.2) is 52.1 Å². The number of pyridine rings is 2. The lowest BCUT2D eigenvalue weighted by Gasteiger charge is -2.12. The zero-order chi connectivity index (χ0) is 27.2. The van der Waals surface area contributed by atoms with E-state index < -0.39 is 22.5 Å². The number of benzene rings is 1. The lowest BCUT2D eigenvalue weighted by Crippen LogP contribution is -2.30. The fraction of sp³-hybridized carbons (Fsp3) is 0.148. The Hall–Kier alpha value is -4.68. The lowest BCUT2D eigenvalue weighted by molar-refractivity contribution is -0.141. The van der Waals surface area contributed by atoms with E-state index in [1.165, 1.54) is 18.5 Å². The molecule has 0 fully saturated rings. The number of aromatic nitrogens is 5. The molecule has 0 aliphatic carbocycles. The number of fused-ring (bicyclic) bond motifs is 1. The molecule has 0 bridgehead atoms. The van der Waals surface area contributed by atoms with Crippen LogP contribution in [0.25, 0.3) is 28.0 Å². The smallest absolute Gasteiger partial charge is 0.321 e. The van der Waals surface area contributed by atoms with Crippen LogP contribution in [0.4, 0.5) is 5.82 Å². The standard InChI is InChI=1S/C27H25N7O4S/c1-2-38-24(35)18-31-39(36,37)22-14-20(15-28-17-22)26-32-27(30-16-21-10-6-7-12-29-21)25-23(11-13-34(25)33-26)19-8-4-3-5-9-19/h3-15,17,31H,2,16,18H2,1H3,(H,30,32,33). The third-order valence-corrected chi connectivity index (χ3v) is 7.12. The summed E-state index contributed by atoms with van der Waals surface area (Å²) in [6.45, 7) is 1.72. The van der Waals surface area contributed by atoms with Crippen LogP contribution in [0.3, 0.4) is 0 Å². The molecular formula is C27H25N7O4S. The topological polar surface area (TPSA) is 140 Å². The Labute approximate surface area is 225 Å². The van der Waals surface area contributed by atoms with E-state index in [0.29, 0.717) is 17.9 Å². The van der Waals surface area contributed by atoms with Gasteiger partial charge >= 0.3 is 5.97 Å². The van der Waals surface area contributed by atoms with Crippen LogP contribution in [-0.2, 0) is 26.1 Å². The summed E-state index contributed by atoms with van der Waals surface area (Å²) in [4.78, 5) is 24.7. The number of esters is 1. The molecule has 0 atom stereocenters. The highest BCUT2D eigenvalue weighted by molar-refractivity contribution is 7.89. The second kappa shape index (κ2) is 11.4. The number of hydrogen-bond acceptors (Lipinski definition) is 9. The number of anilines is 1. The molecule has 0 unspecified atom stereocenters. The Morgan fingerprint density at radius 2 is 1.85 bits per heavy atom. The van der Waals surface area contributed by atoms with E-state index in [9.17, 15) is 13.2 Å². The number of nitrogens with zero attached hydrogens (tertiary/aromatic N) is 5. The van der Waals surface area contributed by atoms with Gasteiger partial charge in [0.1, 0.15) is 17.0 Å². The Bertz CT molecular complexity index is 1710. The van der Waals surface area contributed by atoms with Gasteiger partial charge in [-0.3, -0.25) is 14.8 Å². The van der Waals surface area contributed by atoms with Crippen LogP contribution in [0.15, 0.2) is 90.3 Å². The second-order valence-electron chi connectivity index (χ2n) is 8.39. The van der Waals surface area contributed by atoms with Gasteiger partial charge in [0.05, 0.1) is 18.8 Å². The monoisotopic (exact) mass is 543 g/mol. The Morgan fingerprint density at radius 3 is 2.62 bits per heavy atom. The van der Waals surface area contributed by atoms with E-state index in [1.807, 2.05) is 60.8 Å². The predicted octanol–water partition coefficient (Wildman–Crippen LogP) is 3.31. The Kier molecular flexibility index (Phi) is 7.57. The van der Waals surface area contributed by atoms with Gasteiger partial charge in [-0.1, -0.05) is 36.4 Å². The molecule has 11 nitrogen and oxygen atoms in total. The van der Waals surface area contributed by atoms with Gasteiger partial charge in [-0.15, -0.1) is 5.10 Å². The van der Waals surface area contributed by atoms with Crippen LogP contribution in [0.2, 0.25) is 0 Å². The fourth-order valence-electron chi connectivity index (χ4n) is 3.94. The first-order chi connectivity index (χ1) is 18.9. The van der Waals surface area contributed by atoms with E-state index in [2.05, 4.69) is 25.1 Å². The van der Waals surface area contributed by atoms with Crippen molar-refractivity contribution in [2.75, 3.05) is 18.5 Å². The summed E-state index contributed by atoms with van der Waals surface area (Å²) in [7, 11) is -4.03. The SMILES string of the molecule is CCOC(=O)CNS(=O)(=O)c1cncc(-c2nc(NCc3ccccn3)c3c(-c4ccccc4)ccn3n2)c1. The lowest BCUT2D eigenvalue weighted by atomic mass is 10.1. The zero-order valence-corrected chi connectivity index (χ0v) is 21.8. The van der Waals surface area contributed by atoms with Gasteiger partial charge in [-0.25, -0.2) is 17.9 Å². The van der Waals surface area contributed by atoms with Crippen LogP contribution >= 0.6 is 0 Å². The maximum atomic E-state index is 12.8. The van der Waals surface area contributed by atoms with E-state index in [-0.39, 0.29) is 17.3 Å². The average molecular weight is 544 g/mol. The van der Waals surface area contributed by atoms with Crippen molar-refractivity contribution >= 4 is 27.3 Å². The predicted molar refractivity (Wildman–Crippen MR) is 145 cm³/mol. The minimum Gasteiger partial charge on any atom is -0.465 e. The number of nitrogens with one attached hydrogen (secondary N) is 2. The van der Waals surface area contributed by atoms with Crippen molar-refractivity contribution in [2.45, 2.75) is 18.4 Å². The highest BCUT2D eigenvalue weighted by atomic mass is 32.2. The molecule has 12 heteroatoms. The van der Waals surface area contributed by atoms with E-state index >= 15 is 0 Å². The molecule has 0 saturated carbocycles. The molecular weight excluding hydrogens is 518 g/mol. The first-order valence-electron chi connectivity index (χ1n) is 12.1. The van der Waals surface area contributed by atoms with Crippen molar-refractivity contribution in [3.63, 3.8) is 0 Å². The number of sulfonamides is 1. The summed E-state index contributed by atoms with van der Waals surface area (Å²) < 4.78 is 34.3. The van der Waals surface area contributed by atoms with Crippen molar-refractivity contribution in [1.29, 1.82) is 0 Å². The highest BCUT2D eigenvalue weighted by Crippen LogP contribution is 2.31. The van der Waals surface area contributed by atoms with Crippen LogP contribution in [0.5, 0.6) is 0 Å². The van der Waals surface area contributed by atoms with Gasteiger partial charge in [-0.2, -0.15) is 4.72 Å². The largest absolute Gasteiger partial charge is 0.465 e. The molecule has 2 N–H and O–H groups in total. The summed E-state index contributed by atoms with van der Waals surface area (Å²) in [5.74, 6) is 0.129. The molecule has 0 spiro atoms. The average Bonchev–Trinajstić information content (AvgIpc) is 3.40. The molecule has 0 amide bonds. The molecule has 0 aliphatic rings. The molecule has 0 aliphatic heterocycles. The Balaban J connectivity index is 1.54. The van der Waals surface area contributed by atoms with Crippen LogP contribution in [0, 0.1) is 0 Å². The first-order valence-corrected chi connectivity index (χ1v) is 13.6. The van der Waals surface area contributed by atoms with Crippen LogP contribution < -0.4 is 10.0 Å². The molecule has 39 heavy (non-hydrogen) atoms. The van der Waals surface area contributed by atoms with E-state index in [0.717, 1.165) is 22.3 Å². The highest BCUT2D eigenvalue weighted by Gasteiger charge is 2.20. The summed E-state index contributed by atoms with van der Waals surface area (Å²) >= 11 is 0. The molecule has 1 aromatic carbocycles.